The summed E-state index contributed by atoms with van der Waals surface area (Å²) in [4.78, 5) is 25.0. The van der Waals surface area contributed by atoms with E-state index < -0.39 is 0 Å². The molecule has 0 aromatic heterocycles. The van der Waals surface area contributed by atoms with Gasteiger partial charge in [0.15, 0.2) is 0 Å². The maximum absolute atomic E-state index is 12.0. The Bertz CT molecular complexity index is 673. The zero-order valence-electron chi connectivity index (χ0n) is 13.7. The highest BCUT2D eigenvalue weighted by atomic mass is 32.2. The van der Waals surface area contributed by atoms with Crippen molar-refractivity contribution in [2.75, 3.05) is 17.7 Å². The summed E-state index contributed by atoms with van der Waals surface area (Å²) in [5.41, 5.74) is 1.04. The molecule has 0 aliphatic carbocycles. The SMILES string of the molecule is CCCCOC(=O)c1cccc(NC(=O)CSc2ccccc2)c1. The fourth-order valence-corrected chi connectivity index (χ4v) is 2.70. The van der Waals surface area contributed by atoms with E-state index in [0.717, 1.165) is 17.7 Å². The number of anilines is 1. The normalized spacial score (nSPS) is 10.2. The van der Waals surface area contributed by atoms with E-state index in [1.165, 1.54) is 11.8 Å². The van der Waals surface area contributed by atoms with Crippen molar-refractivity contribution < 1.29 is 14.3 Å². The summed E-state index contributed by atoms with van der Waals surface area (Å²) in [6, 6.07) is 16.6. The minimum Gasteiger partial charge on any atom is -0.462 e. The molecule has 0 fully saturated rings. The number of unbranched alkanes of at least 4 members (excludes halogenated alkanes) is 1. The van der Waals surface area contributed by atoms with Gasteiger partial charge in [-0.2, -0.15) is 0 Å². The van der Waals surface area contributed by atoms with Crippen molar-refractivity contribution in [3.8, 4) is 0 Å². The molecule has 24 heavy (non-hydrogen) atoms. The molecule has 0 atom stereocenters. The Morgan fingerprint density at radius 3 is 2.62 bits per heavy atom. The standard InChI is InChI=1S/C19H21NO3S/c1-2-3-12-23-19(22)15-8-7-9-16(13-15)20-18(21)14-24-17-10-5-4-6-11-17/h4-11,13H,2-3,12,14H2,1H3,(H,20,21). The van der Waals surface area contributed by atoms with Gasteiger partial charge in [0.25, 0.3) is 0 Å². The van der Waals surface area contributed by atoms with Gasteiger partial charge in [-0.15, -0.1) is 11.8 Å². The second kappa shape index (κ2) is 9.78. The van der Waals surface area contributed by atoms with E-state index in [0.29, 0.717) is 23.6 Å². The van der Waals surface area contributed by atoms with Gasteiger partial charge in [0.2, 0.25) is 5.91 Å². The molecular formula is C19H21NO3S. The molecule has 2 aromatic carbocycles. The highest BCUT2D eigenvalue weighted by Gasteiger charge is 2.09. The zero-order chi connectivity index (χ0) is 17.2. The zero-order valence-corrected chi connectivity index (χ0v) is 14.5. The molecule has 126 valence electrons. The van der Waals surface area contributed by atoms with Gasteiger partial charge >= 0.3 is 5.97 Å². The highest BCUT2D eigenvalue weighted by molar-refractivity contribution is 8.00. The van der Waals surface area contributed by atoms with E-state index in [4.69, 9.17) is 4.74 Å². The molecule has 2 aromatic rings. The van der Waals surface area contributed by atoms with Crippen molar-refractivity contribution in [3.63, 3.8) is 0 Å². The third kappa shape index (κ3) is 6.08. The largest absolute Gasteiger partial charge is 0.462 e. The summed E-state index contributed by atoms with van der Waals surface area (Å²) in [5, 5.41) is 2.81. The number of hydrogen-bond donors (Lipinski definition) is 1. The number of carbonyl (C=O) groups excluding carboxylic acids is 2. The molecule has 0 aliphatic rings. The van der Waals surface area contributed by atoms with Crippen molar-refractivity contribution >= 4 is 29.3 Å². The molecule has 2 rings (SSSR count). The van der Waals surface area contributed by atoms with Gasteiger partial charge in [-0.05, 0) is 36.8 Å². The van der Waals surface area contributed by atoms with Gasteiger partial charge in [-0.3, -0.25) is 4.79 Å². The summed E-state index contributed by atoms with van der Waals surface area (Å²) in [5.74, 6) is -0.159. The summed E-state index contributed by atoms with van der Waals surface area (Å²) in [6.45, 7) is 2.46. The maximum Gasteiger partial charge on any atom is 0.338 e. The predicted molar refractivity (Wildman–Crippen MR) is 97.4 cm³/mol. The predicted octanol–water partition coefficient (Wildman–Crippen LogP) is 4.37. The van der Waals surface area contributed by atoms with Crippen molar-refractivity contribution in [1.29, 1.82) is 0 Å². The molecule has 0 saturated heterocycles. The van der Waals surface area contributed by atoms with Crippen LogP contribution in [-0.2, 0) is 9.53 Å². The third-order valence-corrected chi connectivity index (χ3v) is 4.24. The first-order valence-electron chi connectivity index (χ1n) is 7.94. The van der Waals surface area contributed by atoms with Gasteiger partial charge in [0, 0.05) is 10.6 Å². The van der Waals surface area contributed by atoms with Crippen molar-refractivity contribution in [2.45, 2.75) is 24.7 Å². The molecular weight excluding hydrogens is 322 g/mol. The lowest BCUT2D eigenvalue weighted by atomic mass is 10.2. The Balaban J connectivity index is 1.86. The van der Waals surface area contributed by atoms with Crippen LogP contribution in [0.3, 0.4) is 0 Å². The molecule has 1 amide bonds. The Morgan fingerprint density at radius 1 is 1.08 bits per heavy atom. The molecule has 0 spiro atoms. The number of ether oxygens (including phenoxy) is 1. The fraction of sp³-hybridized carbons (Fsp3) is 0.263. The lowest BCUT2D eigenvalue weighted by molar-refractivity contribution is -0.113. The van der Waals surface area contributed by atoms with Gasteiger partial charge in [-0.1, -0.05) is 37.6 Å². The Morgan fingerprint density at radius 2 is 1.88 bits per heavy atom. The van der Waals surface area contributed by atoms with E-state index in [-0.39, 0.29) is 11.9 Å². The summed E-state index contributed by atoms with van der Waals surface area (Å²) >= 11 is 1.47. The Hall–Kier alpha value is -2.27. The Labute approximate surface area is 146 Å². The average molecular weight is 343 g/mol. The number of thioether (sulfide) groups is 1. The number of rotatable bonds is 8. The minimum absolute atomic E-state index is 0.111. The smallest absolute Gasteiger partial charge is 0.338 e. The maximum atomic E-state index is 12.0. The highest BCUT2D eigenvalue weighted by Crippen LogP contribution is 2.18. The molecule has 0 radical (unpaired) electrons. The van der Waals surface area contributed by atoms with Crippen LogP contribution in [0.2, 0.25) is 0 Å². The third-order valence-electron chi connectivity index (χ3n) is 3.23. The number of carbonyl (C=O) groups is 2. The lowest BCUT2D eigenvalue weighted by Gasteiger charge is -2.08. The van der Waals surface area contributed by atoms with Crippen molar-refractivity contribution in [1.82, 2.24) is 0 Å². The number of amides is 1. The van der Waals surface area contributed by atoms with E-state index >= 15 is 0 Å². The number of esters is 1. The van der Waals surface area contributed by atoms with Crippen molar-refractivity contribution in [2.24, 2.45) is 0 Å². The number of hydrogen-bond acceptors (Lipinski definition) is 4. The molecule has 4 nitrogen and oxygen atoms in total. The summed E-state index contributed by atoms with van der Waals surface area (Å²) in [6.07, 6.45) is 1.82. The Kier molecular flexibility index (Phi) is 7.36. The van der Waals surface area contributed by atoms with E-state index in [2.05, 4.69) is 5.32 Å². The van der Waals surface area contributed by atoms with E-state index in [1.807, 2.05) is 37.3 Å². The molecule has 0 aliphatic heterocycles. The average Bonchev–Trinajstić information content (AvgIpc) is 2.61. The number of benzene rings is 2. The molecule has 1 N–H and O–H groups in total. The number of nitrogens with one attached hydrogen (secondary N) is 1. The van der Waals surface area contributed by atoms with Gasteiger partial charge < -0.3 is 10.1 Å². The van der Waals surface area contributed by atoms with Crippen LogP contribution in [0.25, 0.3) is 0 Å². The topological polar surface area (TPSA) is 55.4 Å². The second-order valence-electron chi connectivity index (χ2n) is 5.22. The molecule has 0 unspecified atom stereocenters. The van der Waals surface area contributed by atoms with E-state index in [9.17, 15) is 9.59 Å². The molecule has 5 heteroatoms. The van der Waals surface area contributed by atoms with Gasteiger partial charge in [0.1, 0.15) is 0 Å². The van der Waals surface area contributed by atoms with Gasteiger partial charge in [-0.25, -0.2) is 4.79 Å². The van der Waals surface area contributed by atoms with Crippen LogP contribution >= 0.6 is 11.8 Å². The van der Waals surface area contributed by atoms with Crippen LogP contribution in [0.4, 0.5) is 5.69 Å². The molecule has 0 bridgehead atoms. The molecule has 0 heterocycles. The van der Waals surface area contributed by atoms with Crippen LogP contribution in [-0.4, -0.2) is 24.2 Å². The minimum atomic E-state index is -0.363. The van der Waals surface area contributed by atoms with Gasteiger partial charge in [0.05, 0.1) is 17.9 Å². The first-order valence-corrected chi connectivity index (χ1v) is 8.92. The monoisotopic (exact) mass is 343 g/mol. The van der Waals surface area contributed by atoms with Crippen LogP contribution < -0.4 is 5.32 Å². The van der Waals surface area contributed by atoms with Crippen LogP contribution in [0.1, 0.15) is 30.1 Å². The molecule has 0 saturated carbocycles. The fourth-order valence-electron chi connectivity index (χ4n) is 1.98. The van der Waals surface area contributed by atoms with E-state index in [1.54, 1.807) is 24.3 Å². The van der Waals surface area contributed by atoms with Crippen LogP contribution in [0.5, 0.6) is 0 Å². The van der Waals surface area contributed by atoms with Crippen LogP contribution in [0, 0.1) is 0 Å². The first kappa shape index (κ1) is 18.1. The summed E-state index contributed by atoms with van der Waals surface area (Å²) < 4.78 is 5.18. The first-order chi connectivity index (χ1) is 11.7. The quantitative estimate of drug-likeness (QED) is 0.439. The van der Waals surface area contributed by atoms with Crippen LogP contribution in [0.15, 0.2) is 59.5 Å². The van der Waals surface area contributed by atoms with Crippen molar-refractivity contribution in [3.05, 3.63) is 60.2 Å². The lowest BCUT2D eigenvalue weighted by Crippen LogP contribution is -2.14. The summed E-state index contributed by atoms with van der Waals surface area (Å²) in [7, 11) is 0. The second-order valence-corrected chi connectivity index (χ2v) is 6.27.